The Morgan fingerprint density at radius 1 is 1.43 bits per heavy atom. The Hall–Kier alpha value is -1.05. The first-order valence-electron chi connectivity index (χ1n) is 4.34. The lowest BCUT2D eigenvalue weighted by atomic mass is 10.4. The third kappa shape index (κ3) is 3.02. The predicted molar refractivity (Wildman–Crippen MR) is 56.7 cm³/mol. The average Bonchev–Trinajstić information content (AvgIpc) is 2.19. The van der Waals surface area contributed by atoms with Crippen LogP contribution in [0, 0.1) is 0 Å². The maximum Gasteiger partial charge on any atom is 0.254 e. The highest BCUT2D eigenvalue weighted by Gasteiger charge is 2.16. The van der Waals surface area contributed by atoms with Crippen LogP contribution in [0.15, 0.2) is 42.4 Å². The predicted octanol–water partition coefficient (Wildman–Crippen LogP) is 2.09. The van der Waals surface area contributed by atoms with Gasteiger partial charge in [0.2, 0.25) is 0 Å². The molecular weight excluding hydrogens is 199 g/mol. The van der Waals surface area contributed by atoms with Crippen molar-refractivity contribution in [1.29, 1.82) is 0 Å². The lowest BCUT2D eigenvalue weighted by Gasteiger charge is -2.05. The van der Waals surface area contributed by atoms with Crippen LogP contribution in [0.2, 0.25) is 0 Å². The van der Waals surface area contributed by atoms with Crippen molar-refractivity contribution in [2.75, 3.05) is 6.61 Å². The fraction of sp³-hybridized carbons (Fsp3) is 0.200. The summed E-state index contributed by atoms with van der Waals surface area (Å²) in [5.41, 5.74) is 0. The SMILES string of the molecule is CCO/C=C/P(=O)(O)c1ccccc1. The van der Waals surface area contributed by atoms with Crippen LogP contribution in [-0.2, 0) is 9.30 Å². The molecule has 3 nitrogen and oxygen atoms in total. The van der Waals surface area contributed by atoms with Crippen molar-refractivity contribution >= 4 is 12.7 Å². The highest BCUT2D eigenvalue weighted by Crippen LogP contribution is 2.40. The van der Waals surface area contributed by atoms with E-state index >= 15 is 0 Å². The quantitative estimate of drug-likeness (QED) is 0.614. The van der Waals surface area contributed by atoms with Crippen molar-refractivity contribution in [1.82, 2.24) is 0 Å². The molecule has 0 saturated carbocycles. The van der Waals surface area contributed by atoms with Gasteiger partial charge in [0.25, 0.3) is 7.37 Å². The van der Waals surface area contributed by atoms with Gasteiger partial charge in [0.05, 0.1) is 12.9 Å². The van der Waals surface area contributed by atoms with E-state index in [1.165, 1.54) is 12.1 Å². The summed E-state index contributed by atoms with van der Waals surface area (Å²) in [5.74, 6) is 1.20. The van der Waals surface area contributed by atoms with Crippen LogP contribution in [0.4, 0.5) is 0 Å². The average molecular weight is 212 g/mol. The van der Waals surface area contributed by atoms with E-state index in [4.69, 9.17) is 4.74 Å². The molecule has 0 fully saturated rings. The minimum Gasteiger partial charge on any atom is -0.501 e. The summed E-state index contributed by atoms with van der Waals surface area (Å²) in [7, 11) is -3.38. The molecule has 1 unspecified atom stereocenters. The summed E-state index contributed by atoms with van der Waals surface area (Å²) in [6, 6.07) is 8.50. The zero-order valence-corrected chi connectivity index (χ0v) is 8.85. The van der Waals surface area contributed by atoms with Crippen molar-refractivity contribution in [3.63, 3.8) is 0 Å². The van der Waals surface area contributed by atoms with E-state index in [1.807, 2.05) is 6.92 Å². The van der Waals surface area contributed by atoms with Gasteiger partial charge in [0, 0.05) is 11.1 Å². The van der Waals surface area contributed by atoms with Crippen LogP contribution in [0.3, 0.4) is 0 Å². The fourth-order valence-corrected chi connectivity index (χ4v) is 1.97. The van der Waals surface area contributed by atoms with E-state index in [0.29, 0.717) is 11.9 Å². The molecule has 0 bridgehead atoms. The molecule has 1 atom stereocenters. The van der Waals surface area contributed by atoms with Gasteiger partial charge >= 0.3 is 0 Å². The van der Waals surface area contributed by atoms with E-state index < -0.39 is 7.37 Å². The van der Waals surface area contributed by atoms with E-state index in [9.17, 15) is 9.46 Å². The summed E-state index contributed by atoms with van der Waals surface area (Å²) < 4.78 is 16.6. The number of hydrogen-bond donors (Lipinski definition) is 1. The Kier molecular flexibility index (Phi) is 3.93. The van der Waals surface area contributed by atoms with E-state index in [1.54, 1.807) is 30.3 Å². The van der Waals surface area contributed by atoms with E-state index in [2.05, 4.69) is 0 Å². The number of benzene rings is 1. The summed E-state index contributed by atoms with van der Waals surface area (Å²) >= 11 is 0. The number of rotatable bonds is 4. The Labute approximate surface area is 83.5 Å². The normalized spacial score (nSPS) is 15.3. The first-order chi connectivity index (χ1) is 6.67. The maximum absolute atomic E-state index is 11.7. The zero-order chi connectivity index (χ0) is 10.4. The molecule has 1 N–H and O–H groups in total. The molecule has 0 radical (unpaired) electrons. The van der Waals surface area contributed by atoms with Crippen molar-refractivity contribution in [2.45, 2.75) is 6.92 Å². The van der Waals surface area contributed by atoms with Crippen LogP contribution in [0.25, 0.3) is 0 Å². The van der Waals surface area contributed by atoms with Crippen molar-refractivity contribution in [3.8, 4) is 0 Å². The molecule has 76 valence electrons. The molecule has 1 aromatic rings. The molecule has 0 saturated heterocycles. The van der Waals surface area contributed by atoms with Crippen LogP contribution in [0.1, 0.15) is 6.92 Å². The van der Waals surface area contributed by atoms with Gasteiger partial charge < -0.3 is 9.63 Å². The Balaban J connectivity index is 2.81. The highest BCUT2D eigenvalue weighted by molar-refractivity contribution is 7.69. The van der Waals surface area contributed by atoms with E-state index in [-0.39, 0.29) is 0 Å². The first kappa shape index (κ1) is 11.0. The number of hydrogen-bond acceptors (Lipinski definition) is 2. The van der Waals surface area contributed by atoms with Crippen LogP contribution in [0.5, 0.6) is 0 Å². The van der Waals surface area contributed by atoms with Gasteiger partial charge in [-0.2, -0.15) is 0 Å². The Morgan fingerprint density at radius 3 is 2.64 bits per heavy atom. The second-order valence-corrected chi connectivity index (χ2v) is 4.76. The molecule has 0 heterocycles. The molecular formula is C10H13O3P. The summed E-state index contributed by atoms with van der Waals surface area (Å²) in [5, 5.41) is 0.413. The topological polar surface area (TPSA) is 46.5 Å². The van der Waals surface area contributed by atoms with Crippen LogP contribution in [-0.4, -0.2) is 11.5 Å². The van der Waals surface area contributed by atoms with Crippen LogP contribution < -0.4 is 5.30 Å². The summed E-state index contributed by atoms with van der Waals surface area (Å²) in [4.78, 5) is 9.60. The molecule has 0 amide bonds. The summed E-state index contributed by atoms with van der Waals surface area (Å²) in [6.07, 6.45) is 1.27. The van der Waals surface area contributed by atoms with Gasteiger partial charge in [-0.25, -0.2) is 0 Å². The maximum atomic E-state index is 11.7. The second-order valence-electron chi connectivity index (χ2n) is 2.70. The van der Waals surface area contributed by atoms with Gasteiger partial charge in [-0.05, 0) is 19.1 Å². The zero-order valence-electron chi connectivity index (χ0n) is 7.96. The van der Waals surface area contributed by atoms with E-state index in [0.717, 1.165) is 0 Å². The molecule has 14 heavy (non-hydrogen) atoms. The molecule has 0 aliphatic carbocycles. The molecule has 0 aliphatic rings. The standard InChI is InChI=1S/C10H13O3P/c1-2-13-8-9-14(11,12)10-6-4-3-5-7-10/h3-9H,2H2,1H3,(H,11,12)/b9-8+. The monoisotopic (exact) mass is 212 g/mol. The minimum absolute atomic E-state index is 0.413. The van der Waals surface area contributed by atoms with Crippen molar-refractivity contribution in [3.05, 3.63) is 42.4 Å². The minimum atomic E-state index is -3.38. The van der Waals surface area contributed by atoms with Crippen molar-refractivity contribution < 1.29 is 14.2 Å². The molecule has 1 rings (SSSR count). The molecule has 0 aliphatic heterocycles. The lowest BCUT2D eigenvalue weighted by Crippen LogP contribution is -2.00. The largest absolute Gasteiger partial charge is 0.501 e. The highest BCUT2D eigenvalue weighted by atomic mass is 31.2. The third-order valence-corrected chi connectivity index (χ3v) is 3.22. The molecule has 1 aromatic carbocycles. The van der Waals surface area contributed by atoms with Gasteiger partial charge in [-0.1, -0.05) is 18.2 Å². The van der Waals surface area contributed by atoms with Gasteiger partial charge in [-0.3, -0.25) is 4.57 Å². The molecule has 4 heteroatoms. The smallest absolute Gasteiger partial charge is 0.254 e. The Morgan fingerprint density at radius 2 is 2.07 bits per heavy atom. The van der Waals surface area contributed by atoms with Crippen LogP contribution >= 0.6 is 7.37 Å². The number of ether oxygens (including phenoxy) is 1. The lowest BCUT2D eigenvalue weighted by molar-refractivity contribution is 0.269. The third-order valence-electron chi connectivity index (χ3n) is 1.65. The first-order valence-corrected chi connectivity index (χ1v) is 6.07. The molecule has 0 spiro atoms. The van der Waals surface area contributed by atoms with Gasteiger partial charge in [-0.15, -0.1) is 0 Å². The Bertz CT molecular complexity index is 346. The van der Waals surface area contributed by atoms with Gasteiger partial charge in [0.15, 0.2) is 0 Å². The van der Waals surface area contributed by atoms with Gasteiger partial charge in [0.1, 0.15) is 0 Å². The molecule has 0 aromatic heterocycles. The van der Waals surface area contributed by atoms with Crippen molar-refractivity contribution in [2.24, 2.45) is 0 Å². The second kappa shape index (κ2) is 4.99. The summed E-state index contributed by atoms with van der Waals surface area (Å²) in [6.45, 7) is 2.31. The fourth-order valence-electron chi connectivity index (χ4n) is 0.949.